The summed E-state index contributed by atoms with van der Waals surface area (Å²) in [5, 5.41) is 1.53. The van der Waals surface area contributed by atoms with Gasteiger partial charge in [0, 0.05) is 8.07 Å². The summed E-state index contributed by atoms with van der Waals surface area (Å²) in [7, 11) is -0.937. The van der Waals surface area contributed by atoms with Crippen molar-refractivity contribution in [2.24, 2.45) is 0 Å². The molecule has 1 aromatic carbocycles. The standard InChI is InChI=1S/C10H14Si.C7H16Si/c1-4-11-10-7-5-6-8(2)9(10)3;1-5-6-7-8(2,3)4/h4-7H,1,11H2,2-3H3;5H,1,6-7H2,2-4H3. The number of hydrogen-bond acceptors (Lipinski definition) is 0. The molecular weight excluding hydrogens is 260 g/mol. The Bertz CT molecular complexity index is 400. The number of aryl methyl sites for hydroxylation is 1. The fraction of sp³-hybridized carbons (Fsp3) is 0.412. The summed E-state index contributed by atoms with van der Waals surface area (Å²) in [6.45, 7) is 19.0. The topological polar surface area (TPSA) is 0 Å². The quantitative estimate of drug-likeness (QED) is 0.565. The largest absolute Gasteiger partial charge is 0.107 e. The molecule has 0 spiro atoms. The molecule has 106 valence electrons. The lowest BCUT2D eigenvalue weighted by Gasteiger charge is -2.12. The van der Waals surface area contributed by atoms with Crippen LogP contribution < -0.4 is 5.19 Å². The molecule has 19 heavy (non-hydrogen) atoms. The maximum Gasteiger partial charge on any atom is 0.0779 e. The molecule has 0 radical (unpaired) electrons. The number of allylic oxidation sites excluding steroid dienone is 1. The zero-order valence-corrected chi connectivity index (χ0v) is 15.8. The van der Waals surface area contributed by atoms with Crippen molar-refractivity contribution in [1.82, 2.24) is 0 Å². The normalized spacial score (nSPS) is 11.0. The summed E-state index contributed by atoms with van der Waals surface area (Å²) < 4.78 is 0. The van der Waals surface area contributed by atoms with Gasteiger partial charge in [-0.05, 0) is 31.4 Å². The van der Waals surface area contributed by atoms with E-state index in [1.54, 1.807) is 0 Å². The first-order chi connectivity index (χ1) is 8.81. The summed E-state index contributed by atoms with van der Waals surface area (Å²) in [5.41, 5.74) is 4.94. The third kappa shape index (κ3) is 8.79. The third-order valence-electron chi connectivity index (χ3n) is 3.18. The van der Waals surface area contributed by atoms with Crippen LogP contribution >= 0.6 is 0 Å². The van der Waals surface area contributed by atoms with Crippen LogP contribution in [0.3, 0.4) is 0 Å². The van der Waals surface area contributed by atoms with Crippen molar-refractivity contribution in [3.8, 4) is 0 Å². The maximum absolute atomic E-state index is 3.79. The van der Waals surface area contributed by atoms with Crippen LogP contribution in [0, 0.1) is 13.8 Å². The number of hydrogen-bond donors (Lipinski definition) is 0. The molecule has 0 heterocycles. The highest BCUT2D eigenvalue weighted by Gasteiger charge is 2.09. The molecule has 0 N–H and O–H groups in total. The van der Waals surface area contributed by atoms with E-state index in [0.717, 1.165) is 0 Å². The van der Waals surface area contributed by atoms with Crippen LogP contribution in [0.2, 0.25) is 25.7 Å². The molecule has 0 nitrogen and oxygen atoms in total. The fourth-order valence-corrected chi connectivity index (χ4v) is 3.96. The Morgan fingerprint density at radius 1 is 1.16 bits per heavy atom. The number of rotatable bonds is 5. The zero-order chi connectivity index (χ0) is 14.9. The van der Waals surface area contributed by atoms with E-state index in [0.29, 0.717) is 0 Å². The monoisotopic (exact) mass is 290 g/mol. The van der Waals surface area contributed by atoms with Crippen molar-refractivity contribution in [1.29, 1.82) is 0 Å². The van der Waals surface area contributed by atoms with E-state index in [4.69, 9.17) is 0 Å². The van der Waals surface area contributed by atoms with E-state index in [9.17, 15) is 0 Å². The molecule has 0 fully saturated rings. The van der Waals surface area contributed by atoms with Crippen molar-refractivity contribution in [2.45, 2.75) is 46.0 Å². The van der Waals surface area contributed by atoms with Crippen molar-refractivity contribution in [3.05, 3.63) is 54.3 Å². The Balaban J connectivity index is 0.000000362. The second kappa shape index (κ2) is 9.10. The SMILES string of the molecule is C=CCC[Si](C)(C)C.C=C[SiH2]c1cccc(C)c1C. The average molecular weight is 291 g/mol. The molecule has 0 aromatic heterocycles. The Labute approximate surface area is 123 Å². The van der Waals surface area contributed by atoms with Crippen LogP contribution in [0.25, 0.3) is 0 Å². The van der Waals surface area contributed by atoms with E-state index in [2.05, 4.69) is 70.5 Å². The van der Waals surface area contributed by atoms with E-state index < -0.39 is 8.07 Å². The van der Waals surface area contributed by atoms with Gasteiger partial charge in [0.05, 0.1) is 9.52 Å². The van der Waals surface area contributed by atoms with Gasteiger partial charge in [-0.1, -0.05) is 55.1 Å². The van der Waals surface area contributed by atoms with E-state index in [1.807, 2.05) is 6.08 Å². The van der Waals surface area contributed by atoms with Crippen molar-refractivity contribution in [2.75, 3.05) is 0 Å². The van der Waals surface area contributed by atoms with Gasteiger partial charge in [-0.3, -0.25) is 0 Å². The summed E-state index contributed by atoms with van der Waals surface area (Å²) in [4.78, 5) is 0. The molecule has 0 saturated heterocycles. The van der Waals surface area contributed by atoms with Gasteiger partial charge in [-0.25, -0.2) is 0 Å². The first kappa shape index (κ1) is 18.1. The van der Waals surface area contributed by atoms with E-state index >= 15 is 0 Å². The van der Waals surface area contributed by atoms with Gasteiger partial charge < -0.3 is 0 Å². The molecular formula is C17H30Si2. The lowest BCUT2D eigenvalue weighted by molar-refractivity contribution is 1.16. The van der Waals surface area contributed by atoms with Gasteiger partial charge in [-0.2, -0.15) is 0 Å². The van der Waals surface area contributed by atoms with Crippen molar-refractivity contribution < 1.29 is 0 Å². The van der Waals surface area contributed by atoms with E-state index in [1.165, 1.54) is 28.8 Å². The predicted octanol–water partition coefficient (Wildman–Crippen LogP) is 4.14. The van der Waals surface area contributed by atoms with Gasteiger partial charge in [-0.15, -0.1) is 18.9 Å². The first-order valence-electron chi connectivity index (χ1n) is 7.08. The lowest BCUT2D eigenvalue weighted by Crippen LogP contribution is -2.17. The smallest absolute Gasteiger partial charge is 0.0779 e. The highest BCUT2D eigenvalue weighted by molar-refractivity contribution is 6.76. The maximum atomic E-state index is 3.79. The fourth-order valence-electron chi connectivity index (χ4n) is 1.72. The van der Waals surface area contributed by atoms with Gasteiger partial charge in [0.25, 0.3) is 0 Å². The molecule has 0 aliphatic carbocycles. The van der Waals surface area contributed by atoms with Crippen LogP contribution in [-0.4, -0.2) is 17.6 Å². The highest BCUT2D eigenvalue weighted by Crippen LogP contribution is 2.10. The summed E-state index contributed by atoms with van der Waals surface area (Å²) in [6, 6.07) is 7.90. The van der Waals surface area contributed by atoms with Crippen LogP contribution in [0.1, 0.15) is 17.5 Å². The minimum Gasteiger partial charge on any atom is -0.107 e. The molecule has 1 rings (SSSR count). The summed E-state index contributed by atoms with van der Waals surface area (Å²) in [5.74, 6) is 0. The van der Waals surface area contributed by atoms with E-state index in [-0.39, 0.29) is 9.52 Å². The van der Waals surface area contributed by atoms with Gasteiger partial charge in [0.2, 0.25) is 0 Å². The first-order valence-corrected chi connectivity index (χ1v) is 12.3. The average Bonchev–Trinajstić information content (AvgIpc) is 2.33. The van der Waals surface area contributed by atoms with Gasteiger partial charge in [0.15, 0.2) is 0 Å². The van der Waals surface area contributed by atoms with Crippen LogP contribution in [0.5, 0.6) is 0 Å². The second-order valence-corrected chi connectivity index (χ2v) is 13.6. The van der Waals surface area contributed by atoms with Crippen LogP contribution in [0.4, 0.5) is 0 Å². The van der Waals surface area contributed by atoms with Gasteiger partial charge in [0.1, 0.15) is 0 Å². The third-order valence-corrected chi connectivity index (χ3v) is 6.46. The Morgan fingerprint density at radius 2 is 1.79 bits per heavy atom. The van der Waals surface area contributed by atoms with Crippen LogP contribution in [-0.2, 0) is 0 Å². The number of benzene rings is 1. The molecule has 0 aliphatic heterocycles. The molecule has 0 saturated carbocycles. The minimum atomic E-state index is -0.749. The lowest BCUT2D eigenvalue weighted by atomic mass is 10.1. The molecule has 0 amide bonds. The van der Waals surface area contributed by atoms with Crippen molar-refractivity contribution in [3.63, 3.8) is 0 Å². The molecule has 1 aromatic rings. The summed E-state index contributed by atoms with van der Waals surface area (Å²) in [6.07, 6.45) is 3.22. The Hall–Kier alpha value is -0.866. The van der Waals surface area contributed by atoms with Gasteiger partial charge >= 0.3 is 0 Å². The molecule has 0 unspecified atom stereocenters. The van der Waals surface area contributed by atoms with Crippen LogP contribution in [0.15, 0.2) is 43.1 Å². The Morgan fingerprint density at radius 3 is 2.21 bits per heavy atom. The predicted molar refractivity (Wildman–Crippen MR) is 97.3 cm³/mol. The highest BCUT2D eigenvalue weighted by atomic mass is 28.3. The zero-order valence-electron chi connectivity index (χ0n) is 13.4. The minimum absolute atomic E-state index is 0.187. The Kier molecular flexibility index (Phi) is 8.69. The molecule has 0 atom stereocenters. The van der Waals surface area contributed by atoms with Crippen molar-refractivity contribution >= 4 is 22.8 Å². The molecule has 2 heteroatoms. The summed E-state index contributed by atoms with van der Waals surface area (Å²) >= 11 is 0. The molecule has 0 aliphatic rings. The second-order valence-electron chi connectivity index (χ2n) is 6.24. The molecule has 0 bridgehead atoms.